The first-order valence-corrected chi connectivity index (χ1v) is 6.28. The third-order valence-corrected chi connectivity index (χ3v) is 3.48. The van der Waals surface area contributed by atoms with Crippen LogP contribution in [0, 0.1) is 12.8 Å². The molecule has 1 aromatic rings. The SMILES string of the molecule is Cc1cc(O)ccc1C(=O)N1CCC(CC(=O)O)C1. The molecule has 1 unspecified atom stereocenters. The molecule has 0 spiro atoms. The molecule has 0 radical (unpaired) electrons. The largest absolute Gasteiger partial charge is 0.508 e. The summed E-state index contributed by atoms with van der Waals surface area (Å²) in [6.45, 7) is 2.86. The lowest BCUT2D eigenvalue weighted by atomic mass is 10.1. The zero-order valence-corrected chi connectivity index (χ0v) is 10.8. The van der Waals surface area contributed by atoms with Crippen molar-refractivity contribution in [2.75, 3.05) is 13.1 Å². The number of carbonyl (C=O) groups is 2. The highest BCUT2D eigenvalue weighted by Crippen LogP contribution is 2.23. The fraction of sp³-hybridized carbons (Fsp3) is 0.429. The van der Waals surface area contributed by atoms with E-state index in [2.05, 4.69) is 0 Å². The van der Waals surface area contributed by atoms with Crippen molar-refractivity contribution in [2.45, 2.75) is 19.8 Å². The lowest BCUT2D eigenvalue weighted by Gasteiger charge is -2.17. The summed E-state index contributed by atoms with van der Waals surface area (Å²) < 4.78 is 0. The second-order valence-corrected chi connectivity index (χ2v) is 5.00. The van der Waals surface area contributed by atoms with Crippen molar-refractivity contribution >= 4 is 11.9 Å². The molecule has 5 nitrogen and oxygen atoms in total. The predicted octanol–water partition coefficient (Wildman–Crippen LogP) is 1.64. The average Bonchev–Trinajstić information content (AvgIpc) is 2.75. The number of aliphatic carboxylic acids is 1. The summed E-state index contributed by atoms with van der Waals surface area (Å²) in [4.78, 5) is 24.7. The van der Waals surface area contributed by atoms with E-state index in [-0.39, 0.29) is 24.0 Å². The molecule has 19 heavy (non-hydrogen) atoms. The van der Waals surface area contributed by atoms with Gasteiger partial charge in [-0.05, 0) is 43.0 Å². The van der Waals surface area contributed by atoms with Gasteiger partial charge in [0.25, 0.3) is 5.91 Å². The highest BCUT2D eigenvalue weighted by molar-refractivity contribution is 5.96. The number of benzene rings is 1. The maximum atomic E-state index is 12.3. The number of aryl methyl sites for hydroxylation is 1. The van der Waals surface area contributed by atoms with E-state index in [1.165, 1.54) is 6.07 Å². The molecule has 0 bridgehead atoms. The number of phenols is 1. The number of carbonyl (C=O) groups excluding carboxylic acids is 1. The molecule has 1 fully saturated rings. The van der Waals surface area contributed by atoms with E-state index < -0.39 is 5.97 Å². The molecule has 0 aromatic heterocycles. The number of aromatic hydroxyl groups is 1. The number of amides is 1. The summed E-state index contributed by atoms with van der Waals surface area (Å²) in [6.07, 6.45) is 0.841. The van der Waals surface area contributed by atoms with Crippen LogP contribution >= 0.6 is 0 Å². The number of nitrogens with zero attached hydrogens (tertiary/aromatic N) is 1. The van der Waals surface area contributed by atoms with Gasteiger partial charge in [-0.15, -0.1) is 0 Å². The molecule has 1 aliphatic heterocycles. The van der Waals surface area contributed by atoms with Crippen molar-refractivity contribution in [2.24, 2.45) is 5.92 Å². The van der Waals surface area contributed by atoms with Crippen molar-refractivity contribution < 1.29 is 19.8 Å². The smallest absolute Gasteiger partial charge is 0.303 e. The van der Waals surface area contributed by atoms with Crippen LogP contribution in [0.25, 0.3) is 0 Å². The molecule has 102 valence electrons. The summed E-state index contributed by atoms with van der Waals surface area (Å²) >= 11 is 0. The first-order valence-electron chi connectivity index (χ1n) is 6.28. The van der Waals surface area contributed by atoms with Gasteiger partial charge in [0.1, 0.15) is 5.75 Å². The van der Waals surface area contributed by atoms with Crippen LogP contribution in [0.1, 0.15) is 28.8 Å². The Bertz CT molecular complexity index is 512. The van der Waals surface area contributed by atoms with E-state index in [1.54, 1.807) is 24.0 Å². The maximum absolute atomic E-state index is 12.3. The highest BCUT2D eigenvalue weighted by Gasteiger charge is 2.28. The molecular weight excluding hydrogens is 246 g/mol. The Morgan fingerprint density at radius 3 is 2.79 bits per heavy atom. The van der Waals surface area contributed by atoms with E-state index in [0.717, 1.165) is 12.0 Å². The van der Waals surface area contributed by atoms with Crippen LogP contribution in [0.3, 0.4) is 0 Å². The summed E-state index contributed by atoms with van der Waals surface area (Å²) in [5.74, 6) is -0.733. The first kappa shape index (κ1) is 13.4. The Morgan fingerprint density at radius 2 is 2.16 bits per heavy atom. The molecule has 1 heterocycles. The average molecular weight is 263 g/mol. The van der Waals surface area contributed by atoms with E-state index in [1.807, 2.05) is 0 Å². The van der Waals surface area contributed by atoms with Crippen molar-refractivity contribution in [3.05, 3.63) is 29.3 Å². The molecule has 1 aliphatic rings. The van der Waals surface area contributed by atoms with Crippen LogP contribution in [0.2, 0.25) is 0 Å². The van der Waals surface area contributed by atoms with E-state index >= 15 is 0 Å². The van der Waals surface area contributed by atoms with Gasteiger partial charge < -0.3 is 15.1 Å². The minimum atomic E-state index is -0.819. The van der Waals surface area contributed by atoms with E-state index in [9.17, 15) is 14.7 Å². The number of phenolic OH excluding ortho intramolecular Hbond substituents is 1. The monoisotopic (exact) mass is 263 g/mol. The Morgan fingerprint density at radius 1 is 1.42 bits per heavy atom. The minimum Gasteiger partial charge on any atom is -0.508 e. The second-order valence-electron chi connectivity index (χ2n) is 5.00. The van der Waals surface area contributed by atoms with Gasteiger partial charge in [0.05, 0.1) is 0 Å². The molecule has 1 atom stereocenters. The Labute approximate surface area is 111 Å². The molecule has 0 saturated carbocycles. The summed E-state index contributed by atoms with van der Waals surface area (Å²) in [5, 5.41) is 18.1. The zero-order chi connectivity index (χ0) is 14.0. The van der Waals surface area contributed by atoms with Crippen molar-refractivity contribution in [3.63, 3.8) is 0 Å². The van der Waals surface area contributed by atoms with Gasteiger partial charge in [-0.1, -0.05) is 0 Å². The van der Waals surface area contributed by atoms with Crippen LogP contribution in [0.4, 0.5) is 0 Å². The van der Waals surface area contributed by atoms with Crippen LogP contribution in [-0.2, 0) is 4.79 Å². The number of carboxylic acid groups (broad SMARTS) is 1. The molecular formula is C14H17NO4. The first-order chi connectivity index (χ1) is 8.97. The molecule has 0 aliphatic carbocycles. The number of carboxylic acids is 1. The van der Waals surface area contributed by atoms with Crippen LogP contribution in [0.5, 0.6) is 5.75 Å². The summed E-state index contributed by atoms with van der Waals surface area (Å²) in [7, 11) is 0. The zero-order valence-electron chi connectivity index (χ0n) is 10.8. The lowest BCUT2D eigenvalue weighted by Crippen LogP contribution is -2.29. The minimum absolute atomic E-state index is 0.0406. The third kappa shape index (κ3) is 3.05. The van der Waals surface area contributed by atoms with Gasteiger partial charge >= 0.3 is 5.97 Å². The van der Waals surface area contributed by atoms with E-state index in [4.69, 9.17) is 5.11 Å². The predicted molar refractivity (Wildman–Crippen MR) is 69.1 cm³/mol. The molecule has 2 N–H and O–H groups in total. The molecule has 1 amide bonds. The molecule has 2 rings (SSSR count). The Hall–Kier alpha value is -2.04. The van der Waals surface area contributed by atoms with E-state index in [0.29, 0.717) is 18.7 Å². The quantitative estimate of drug-likeness (QED) is 0.869. The molecule has 1 saturated heterocycles. The standard InChI is InChI=1S/C14H17NO4/c1-9-6-11(16)2-3-12(9)14(19)15-5-4-10(8-15)7-13(17)18/h2-3,6,10,16H,4-5,7-8H2,1H3,(H,17,18). The van der Waals surface area contributed by atoms with Gasteiger partial charge in [-0.25, -0.2) is 0 Å². The van der Waals surface area contributed by atoms with Gasteiger partial charge in [0.15, 0.2) is 0 Å². The number of hydrogen-bond acceptors (Lipinski definition) is 3. The van der Waals surface area contributed by atoms with Crippen molar-refractivity contribution in [1.29, 1.82) is 0 Å². The topological polar surface area (TPSA) is 77.8 Å². The van der Waals surface area contributed by atoms with Gasteiger partial charge in [0.2, 0.25) is 0 Å². The highest BCUT2D eigenvalue weighted by atomic mass is 16.4. The van der Waals surface area contributed by atoms with Gasteiger partial charge in [-0.3, -0.25) is 9.59 Å². The van der Waals surface area contributed by atoms with Crippen LogP contribution in [0.15, 0.2) is 18.2 Å². The number of likely N-dealkylation sites (tertiary alicyclic amines) is 1. The van der Waals surface area contributed by atoms with Gasteiger partial charge in [-0.2, -0.15) is 0 Å². The molecule has 1 aromatic carbocycles. The third-order valence-electron chi connectivity index (χ3n) is 3.48. The number of hydrogen-bond donors (Lipinski definition) is 2. The summed E-state index contributed by atoms with van der Waals surface area (Å²) in [6, 6.07) is 4.65. The fourth-order valence-electron chi connectivity index (χ4n) is 2.49. The van der Waals surface area contributed by atoms with Gasteiger partial charge in [0, 0.05) is 25.1 Å². The Kier molecular flexibility index (Phi) is 3.74. The van der Waals surface area contributed by atoms with Crippen molar-refractivity contribution in [1.82, 2.24) is 4.90 Å². The lowest BCUT2D eigenvalue weighted by molar-refractivity contribution is -0.138. The van der Waals surface area contributed by atoms with Crippen molar-refractivity contribution in [3.8, 4) is 5.75 Å². The van der Waals surface area contributed by atoms with Crippen LogP contribution in [-0.4, -0.2) is 40.1 Å². The fourth-order valence-corrected chi connectivity index (χ4v) is 2.49. The Balaban J connectivity index is 2.07. The maximum Gasteiger partial charge on any atom is 0.303 e. The second kappa shape index (κ2) is 5.30. The van der Waals surface area contributed by atoms with Crippen LogP contribution < -0.4 is 0 Å². The normalized spacial score (nSPS) is 18.6. The molecule has 5 heteroatoms. The number of rotatable bonds is 3. The summed E-state index contributed by atoms with van der Waals surface area (Å²) in [5.41, 5.74) is 1.29.